The fourth-order valence-electron chi connectivity index (χ4n) is 1.04. The monoisotopic (exact) mass is 256 g/mol. The number of carboxylic acids is 1. The summed E-state index contributed by atoms with van der Waals surface area (Å²) in [5.74, 6) is 0.556. The third-order valence-corrected chi connectivity index (χ3v) is 3.41. The molecule has 0 aliphatic heterocycles. The van der Waals surface area contributed by atoms with Gasteiger partial charge in [0.1, 0.15) is 0 Å². The average molecular weight is 256 g/mol. The minimum atomic E-state index is -0.844. The highest BCUT2D eigenvalue weighted by atomic mass is 32.2. The first kappa shape index (κ1) is 11.2. The molecule has 0 aliphatic rings. The van der Waals surface area contributed by atoms with Gasteiger partial charge in [-0.3, -0.25) is 4.79 Å². The van der Waals surface area contributed by atoms with E-state index < -0.39 is 5.97 Å². The molecular weight excluding hydrogens is 248 g/mol. The van der Waals surface area contributed by atoms with Crippen LogP contribution in [0.25, 0.3) is 10.8 Å². The van der Waals surface area contributed by atoms with Crippen LogP contribution in [-0.2, 0) is 10.5 Å². The van der Waals surface area contributed by atoms with E-state index in [-0.39, 0.29) is 5.75 Å². The van der Waals surface area contributed by atoms with E-state index >= 15 is 0 Å². The molecule has 0 bridgehead atoms. The molecule has 0 aromatic carbocycles. The lowest BCUT2D eigenvalue weighted by Crippen LogP contribution is -1.98. The zero-order chi connectivity index (χ0) is 11.4. The van der Waals surface area contributed by atoms with Crippen LogP contribution in [0.2, 0.25) is 0 Å². The SMILES string of the molecule is O=C(O)CSCc1nnc(-c2cccs2)o1. The van der Waals surface area contributed by atoms with Crippen LogP contribution >= 0.6 is 23.1 Å². The molecule has 1 N–H and O–H groups in total. The molecule has 16 heavy (non-hydrogen) atoms. The smallest absolute Gasteiger partial charge is 0.313 e. The van der Waals surface area contributed by atoms with Crippen molar-refractivity contribution in [2.45, 2.75) is 5.75 Å². The molecule has 0 saturated carbocycles. The summed E-state index contributed by atoms with van der Waals surface area (Å²) in [6.45, 7) is 0. The van der Waals surface area contributed by atoms with E-state index in [0.29, 0.717) is 17.5 Å². The van der Waals surface area contributed by atoms with Crippen LogP contribution in [0.1, 0.15) is 5.89 Å². The second-order valence-corrected chi connectivity index (χ2v) is 4.80. The molecule has 7 heteroatoms. The lowest BCUT2D eigenvalue weighted by molar-refractivity contribution is -0.133. The van der Waals surface area contributed by atoms with Gasteiger partial charge in [0.25, 0.3) is 5.89 Å². The third kappa shape index (κ3) is 2.83. The molecule has 2 heterocycles. The highest BCUT2D eigenvalue weighted by molar-refractivity contribution is 7.99. The molecule has 0 radical (unpaired) electrons. The van der Waals surface area contributed by atoms with Gasteiger partial charge >= 0.3 is 5.97 Å². The Morgan fingerprint density at radius 1 is 1.56 bits per heavy atom. The molecule has 0 fully saturated rings. The van der Waals surface area contributed by atoms with Crippen molar-refractivity contribution in [2.75, 3.05) is 5.75 Å². The summed E-state index contributed by atoms with van der Waals surface area (Å²) in [7, 11) is 0. The second-order valence-electron chi connectivity index (χ2n) is 2.86. The molecule has 2 aromatic rings. The summed E-state index contributed by atoms with van der Waals surface area (Å²) in [5.41, 5.74) is 0. The van der Waals surface area contributed by atoms with Crippen LogP contribution in [0.5, 0.6) is 0 Å². The molecular formula is C9H8N2O3S2. The van der Waals surface area contributed by atoms with E-state index in [4.69, 9.17) is 9.52 Å². The van der Waals surface area contributed by atoms with Crippen molar-refractivity contribution in [1.29, 1.82) is 0 Å². The van der Waals surface area contributed by atoms with Crippen molar-refractivity contribution in [3.05, 3.63) is 23.4 Å². The highest BCUT2D eigenvalue weighted by Crippen LogP contribution is 2.23. The van der Waals surface area contributed by atoms with Crippen LogP contribution in [0, 0.1) is 0 Å². The minimum absolute atomic E-state index is 0.0384. The van der Waals surface area contributed by atoms with E-state index in [2.05, 4.69) is 10.2 Å². The van der Waals surface area contributed by atoms with Crippen molar-refractivity contribution in [3.8, 4) is 10.8 Å². The molecule has 0 aliphatic carbocycles. The number of hydrogen-bond acceptors (Lipinski definition) is 6. The first-order chi connectivity index (χ1) is 7.75. The van der Waals surface area contributed by atoms with Crippen molar-refractivity contribution in [1.82, 2.24) is 10.2 Å². The Hall–Kier alpha value is -1.34. The second kappa shape index (κ2) is 5.13. The van der Waals surface area contributed by atoms with Gasteiger partial charge in [0.2, 0.25) is 5.89 Å². The Kier molecular flexibility index (Phi) is 3.58. The van der Waals surface area contributed by atoms with Gasteiger partial charge in [0.05, 0.1) is 16.4 Å². The van der Waals surface area contributed by atoms with Gasteiger partial charge in [-0.05, 0) is 11.4 Å². The highest BCUT2D eigenvalue weighted by Gasteiger charge is 2.09. The fraction of sp³-hybridized carbons (Fsp3) is 0.222. The Bertz CT molecular complexity index is 467. The quantitative estimate of drug-likeness (QED) is 0.883. The molecule has 84 valence electrons. The average Bonchev–Trinajstić information content (AvgIpc) is 2.85. The predicted molar refractivity (Wildman–Crippen MR) is 61.4 cm³/mol. The molecule has 0 unspecified atom stereocenters. The maximum absolute atomic E-state index is 10.3. The Balaban J connectivity index is 1.95. The van der Waals surface area contributed by atoms with Gasteiger partial charge in [-0.15, -0.1) is 33.3 Å². The van der Waals surface area contributed by atoms with Crippen molar-refractivity contribution < 1.29 is 14.3 Å². The standard InChI is InChI=1S/C9H8N2O3S2/c12-8(13)5-15-4-7-10-11-9(14-7)6-2-1-3-16-6/h1-3H,4-5H2,(H,12,13). The van der Waals surface area contributed by atoms with Gasteiger partial charge in [-0.25, -0.2) is 0 Å². The predicted octanol–water partition coefficient (Wildman–Crippen LogP) is 2.12. The summed E-state index contributed by atoms with van der Waals surface area (Å²) in [5, 5.41) is 18.1. The van der Waals surface area contributed by atoms with E-state index in [0.717, 1.165) is 4.88 Å². The van der Waals surface area contributed by atoms with E-state index in [1.807, 2.05) is 17.5 Å². The molecule has 0 atom stereocenters. The molecule has 0 amide bonds. The number of carboxylic acid groups (broad SMARTS) is 1. The number of nitrogens with zero attached hydrogens (tertiary/aromatic N) is 2. The zero-order valence-corrected chi connectivity index (χ0v) is 9.75. The maximum Gasteiger partial charge on any atom is 0.313 e. The normalized spacial score (nSPS) is 10.5. The van der Waals surface area contributed by atoms with Crippen molar-refractivity contribution in [3.63, 3.8) is 0 Å². The number of thioether (sulfide) groups is 1. The van der Waals surface area contributed by atoms with Crippen LogP contribution in [0.3, 0.4) is 0 Å². The van der Waals surface area contributed by atoms with Crippen LogP contribution in [0.15, 0.2) is 21.9 Å². The number of carbonyl (C=O) groups is 1. The molecule has 2 rings (SSSR count). The first-order valence-corrected chi connectivity index (χ1v) is 6.45. The number of hydrogen-bond donors (Lipinski definition) is 1. The van der Waals surface area contributed by atoms with Gasteiger partial charge in [-0.1, -0.05) is 6.07 Å². The number of aliphatic carboxylic acids is 1. The number of thiophene rings is 1. The van der Waals surface area contributed by atoms with Gasteiger partial charge in [0.15, 0.2) is 0 Å². The molecule has 0 saturated heterocycles. The lowest BCUT2D eigenvalue weighted by Gasteiger charge is -1.91. The van der Waals surface area contributed by atoms with Gasteiger partial charge in [0, 0.05) is 0 Å². The summed E-state index contributed by atoms with van der Waals surface area (Å²) >= 11 is 2.75. The van der Waals surface area contributed by atoms with Gasteiger partial charge in [-0.2, -0.15) is 0 Å². The zero-order valence-electron chi connectivity index (χ0n) is 8.12. The Morgan fingerprint density at radius 2 is 2.44 bits per heavy atom. The largest absolute Gasteiger partial charge is 0.481 e. The lowest BCUT2D eigenvalue weighted by atomic mass is 10.5. The van der Waals surface area contributed by atoms with Crippen LogP contribution in [-0.4, -0.2) is 27.0 Å². The third-order valence-electron chi connectivity index (χ3n) is 1.65. The summed E-state index contributed by atoms with van der Waals surface area (Å²) in [6, 6.07) is 3.80. The molecule has 5 nitrogen and oxygen atoms in total. The van der Waals surface area contributed by atoms with Crippen LogP contribution in [0.4, 0.5) is 0 Å². The van der Waals surface area contributed by atoms with E-state index in [1.165, 1.54) is 23.1 Å². The van der Waals surface area contributed by atoms with E-state index in [1.54, 1.807) is 0 Å². The summed E-state index contributed by atoms with van der Waals surface area (Å²) in [4.78, 5) is 11.2. The van der Waals surface area contributed by atoms with Crippen molar-refractivity contribution in [2.24, 2.45) is 0 Å². The Morgan fingerprint density at radius 3 is 3.12 bits per heavy atom. The number of aromatic nitrogens is 2. The Labute approximate surface area is 99.5 Å². The maximum atomic E-state index is 10.3. The fourth-order valence-corrected chi connectivity index (χ4v) is 2.25. The molecule has 0 spiro atoms. The van der Waals surface area contributed by atoms with E-state index in [9.17, 15) is 4.79 Å². The topological polar surface area (TPSA) is 76.2 Å². The van der Waals surface area contributed by atoms with Crippen LogP contribution < -0.4 is 0 Å². The van der Waals surface area contributed by atoms with Crippen molar-refractivity contribution >= 4 is 29.1 Å². The summed E-state index contributed by atoms with van der Waals surface area (Å²) in [6.07, 6.45) is 0. The van der Waals surface area contributed by atoms with Gasteiger partial charge < -0.3 is 9.52 Å². The first-order valence-electron chi connectivity index (χ1n) is 4.41. The minimum Gasteiger partial charge on any atom is -0.481 e. The number of rotatable bonds is 5. The summed E-state index contributed by atoms with van der Waals surface area (Å²) < 4.78 is 5.38. The molecule has 2 aromatic heterocycles.